The Morgan fingerprint density at radius 2 is 2.11 bits per heavy atom. The molecule has 1 N–H and O–H groups in total. The zero-order valence-corrected chi connectivity index (χ0v) is 16.7. The van der Waals surface area contributed by atoms with Crippen LogP contribution in [0, 0.1) is 6.92 Å². The van der Waals surface area contributed by atoms with Gasteiger partial charge in [-0.15, -0.1) is 22.0 Å². The number of carbonyl (C=O) groups excluding carboxylic acids is 2. The minimum absolute atomic E-state index is 0.200. The first-order valence-electron chi connectivity index (χ1n) is 8.48. The number of aromatic nitrogens is 2. The Labute approximate surface area is 161 Å². The molecule has 0 bridgehead atoms. The van der Waals surface area contributed by atoms with E-state index in [4.69, 9.17) is 9.15 Å². The molecule has 1 atom stereocenters. The third-order valence-corrected chi connectivity index (χ3v) is 4.96. The van der Waals surface area contributed by atoms with Gasteiger partial charge in [0.05, 0.1) is 5.69 Å². The second-order valence-corrected chi connectivity index (χ2v) is 8.28. The third kappa shape index (κ3) is 4.41. The van der Waals surface area contributed by atoms with E-state index in [-0.39, 0.29) is 5.91 Å². The van der Waals surface area contributed by atoms with Crippen LogP contribution in [0.1, 0.15) is 26.7 Å². The summed E-state index contributed by atoms with van der Waals surface area (Å²) in [6.45, 7) is 7.06. The van der Waals surface area contributed by atoms with Crippen molar-refractivity contribution < 1.29 is 18.7 Å². The number of rotatable bonds is 2. The highest BCUT2D eigenvalue weighted by Gasteiger charge is 2.31. The van der Waals surface area contributed by atoms with E-state index < -0.39 is 17.7 Å². The maximum Gasteiger partial charge on any atom is 0.408 e. The van der Waals surface area contributed by atoms with Gasteiger partial charge in [-0.2, -0.15) is 0 Å². The third-order valence-electron chi connectivity index (χ3n) is 3.82. The average Bonchev–Trinajstić information content (AvgIpc) is 2.97. The van der Waals surface area contributed by atoms with Crippen LogP contribution in [0.25, 0.3) is 11.5 Å². The molecule has 0 aliphatic carbocycles. The van der Waals surface area contributed by atoms with Gasteiger partial charge in [0.15, 0.2) is 0 Å². The molecule has 3 rings (SSSR count). The Balaban J connectivity index is 1.81. The maximum absolute atomic E-state index is 12.8. The molecule has 8 nitrogen and oxygen atoms in total. The first-order chi connectivity index (χ1) is 12.6. The van der Waals surface area contributed by atoms with Crippen molar-refractivity contribution in [1.82, 2.24) is 15.5 Å². The standard InChI is InChI=1S/C18H22N4O4S/c1-10-20-21-15(25-10)11-6-7-13-14(8-11)27-9-12(16(23)22(13)5)19-17(24)26-18(2,3)4/h6-8,12H,9H2,1-5H3,(H,19,24)/t12-/m0/s1. The highest BCUT2D eigenvalue weighted by molar-refractivity contribution is 7.99. The number of alkyl carbamates (subject to hydrolysis) is 1. The van der Waals surface area contributed by atoms with E-state index in [0.717, 1.165) is 16.1 Å². The van der Waals surface area contributed by atoms with Crippen molar-refractivity contribution in [1.29, 1.82) is 0 Å². The van der Waals surface area contributed by atoms with E-state index in [2.05, 4.69) is 15.5 Å². The number of nitrogens with one attached hydrogen (secondary N) is 1. The minimum atomic E-state index is -0.684. The van der Waals surface area contributed by atoms with Gasteiger partial charge in [-0.05, 0) is 39.0 Å². The fourth-order valence-electron chi connectivity index (χ4n) is 2.60. The van der Waals surface area contributed by atoms with Crippen LogP contribution in [0.4, 0.5) is 10.5 Å². The predicted octanol–water partition coefficient (Wildman–Crippen LogP) is 3.01. The molecule has 9 heteroatoms. The SMILES string of the molecule is Cc1nnc(-c2ccc3c(c2)SC[C@H](NC(=O)OC(C)(C)C)C(=O)N3C)o1. The molecule has 1 aliphatic rings. The molecule has 0 spiro atoms. The van der Waals surface area contributed by atoms with E-state index >= 15 is 0 Å². The number of aryl methyl sites for hydroxylation is 1. The summed E-state index contributed by atoms with van der Waals surface area (Å²) < 4.78 is 10.7. The van der Waals surface area contributed by atoms with Crippen molar-refractivity contribution in [2.75, 3.05) is 17.7 Å². The lowest BCUT2D eigenvalue weighted by molar-refractivity contribution is -0.119. The van der Waals surface area contributed by atoms with Crippen LogP contribution in [0.3, 0.4) is 0 Å². The van der Waals surface area contributed by atoms with Crippen LogP contribution in [-0.2, 0) is 9.53 Å². The number of hydrogen-bond acceptors (Lipinski definition) is 7. The summed E-state index contributed by atoms with van der Waals surface area (Å²) in [6, 6.07) is 4.89. The van der Waals surface area contributed by atoms with Crippen LogP contribution in [0.15, 0.2) is 27.5 Å². The van der Waals surface area contributed by atoms with E-state index in [0.29, 0.717) is 17.5 Å². The van der Waals surface area contributed by atoms with E-state index in [1.54, 1.807) is 39.6 Å². The van der Waals surface area contributed by atoms with Crippen LogP contribution in [0.2, 0.25) is 0 Å². The molecule has 2 amide bonds. The molecule has 1 aromatic heterocycles. The Kier molecular flexibility index (Phi) is 5.14. The number of thioether (sulfide) groups is 1. The van der Waals surface area contributed by atoms with Crippen molar-refractivity contribution in [2.45, 2.75) is 44.2 Å². The maximum atomic E-state index is 12.8. The summed E-state index contributed by atoms with van der Waals surface area (Å²) in [7, 11) is 1.69. The quantitative estimate of drug-likeness (QED) is 0.842. The lowest BCUT2D eigenvalue weighted by atomic mass is 10.2. The Bertz CT molecular complexity index is 874. The molecule has 0 saturated heterocycles. The van der Waals surface area contributed by atoms with Crippen molar-refractivity contribution in [2.24, 2.45) is 0 Å². The molecular weight excluding hydrogens is 368 g/mol. The minimum Gasteiger partial charge on any atom is -0.444 e. The second-order valence-electron chi connectivity index (χ2n) is 7.22. The number of amides is 2. The van der Waals surface area contributed by atoms with Crippen molar-refractivity contribution in [3.05, 3.63) is 24.1 Å². The van der Waals surface area contributed by atoms with Gasteiger partial charge in [0.2, 0.25) is 17.7 Å². The smallest absolute Gasteiger partial charge is 0.408 e. The monoisotopic (exact) mass is 390 g/mol. The lowest BCUT2D eigenvalue weighted by Gasteiger charge is -2.24. The number of carbonyl (C=O) groups is 2. The van der Waals surface area contributed by atoms with E-state index in [1.807, 2.05) is 18.2 Å². The normalized spacial score (nSPS) is 17.3. The van der Waals surface area contributed by atoms with Gasteiger partial charge in [0.25, 0.3) is 0 Å². The van der Waals surface area contributed by atoms with Crippen molar-refractivity contribution in [3.8, 4) is 11.5 Å². The Morgan fingerprint density at radius 3 is 2.74 bits per heavy atom. The molecule has 1 aliphatic heterocycles. The first kappa shape index (κ1) is 19.2. The molecule has 0 saturated carbocycles. The van der Waals surface area contributed by atoms with Crippen molar-refractivity contribution in [3.63, 3.8) is 0 Å². The number of anilines is 1. The zero-order valence-electron chi connectivity index (χ0n) is 15.9. The van der Waals surface area contributed by atoms with E-state index in [9.17, 15) is 9.59 Å². The Hall–Kier alpha value is -2.55. The van der Waals surface area contributed by atoms with Gasteiger partial charge >= 0.3 is 6.09 Å². The van der Waals surface area contributed by atoms with Gasteiger partial charge in [-0.1, -0.05) is 0 Å². The molecular formula is C18H22N4O4S. The van der Waals surface area contributed by atoms with E-state index in [1.165, 1.54) is 11.8 Å². The molecule has 2 aromatic rings. The van der Waals surface area contributed by atoms with Gasteiger partial charge < -0.3 is 19.4 Å². The van der Waals surface area contributed by atoms with Gasteiger partial charge in [-0.25, -0.2) is 4.79 Å². The fraction of sp³-hybridized carbons (Fsp3) is 0.444. The first-order valence-corrected chi connectivity index (χ1v) is 9.47. The summed E-state index contributed by atoms with van der Waals surface area (Å²) in [4.78, 5) is 27.3. The van der Waals surface area contributed by atoms with Crippen LogP contribution in [-0.4, -0.2) is 46.6 Å². The average molecular weight is 390 g/mol. The van der Waals surface area contributed by atoms with Crippen LogP contribution < -0.4 is 10.2 Å². The number of fused-ring (bicyclic) bond motifs is 1. The van der Waals surface area contributed by atoms with Gasteiger partial charge in [0.1, 0.15) is 11.6 Å². The summed E-state index contributed by atoms with van der Waals surface area (Å²) in [5.74, 6) is 1.11. The van der Waals surface area contributed by atoms with Crippen molar-refractivity contribution >= 4 is 29.4 Å². The number of benzene rings is 1. The number of likely N-dealkylation sites (N-methyl/N-ethyl adjacent to an activating group) is 1. The van der Waals surface area contributed by atoms with Gasteiger partial charge in [0, 0.05) is 30.2 Å². The number of nitrogens with zero attached hydrogens (tertiary/aromatic N) is 3. The molecule has 1 aromatic carbocycles. The summed E-state index contributed by atoms with van der Waals surface area (Å²) in [6.07, 6.45) is -0.608. The molecule has 0 unspecified atom stereocenters. The van der Waals surface area contributed by atoms with Crippen LogP contribution in [0.5, 0.6) is 0 Å². The topological polar surface area (TPSA) is 97.6 Å². The molecule has 0 radical (unpaired) electrons. The molecule has 2 heterocycles. The lowest BCUT2D eigenvalue weighted by Crippen LogP contribution is -2.49. The number of hydrogen-bond donors (Lipinski definition) is 1. The Morgan fingerprint density at radius 1 is 1.37 bits per heavy atom. The summed E-state index contributed by atoms with van der Waals surface area (Å²) >= 11 is 1.48. The van der Waals surface area contributed by atoms with Gasteiger partial charge in [-0.3, -0.25) is 4.79 Å². The summed E-state index contributed by atoms with van der Waals surface area (Å²) in [5, 5.41) is 10.5. The predicted molar refractivity (Wildman–Crippen MR) is 102 cm³/mol. The largest absolute Gasteiger partial charge is 0.444 e. The zero-order chi connectivity index (χ0) is 19.8. The molecule has 0 fully saturated rings. The number of ether oxygens (including phenoxy) is 1. The highest BCUT2D eigenvalue weighted by atomic mass is 32.2. The van der Waals surface area contributed by atoms with Crippen LogP contribution >= 0.6 is 11.8 Å². The fourth-order valence-corrected chi connectivity index (χ4v) is 3.74. The molecule has 144 valence electrons. The molecule has 27 heavy (non-hydrogen) atoms. The summed E-state index contributed by atoms with van der Waals surface area (Å²) in [5.41, 5.74) is 0.913. The second kappa shape index (κ2) is 7.22. The highest BCUT2D eigenvalue weighted by Crippen LogP contribution is 2.36.